The molecule has 2 heterocycles. The van der Waals surface area contributed by atoms with Gasteiger partial charge in [-0.3, -0.25) is 4.79 Å². The van der Waals surface area contributed by atoms with E-state index in [1.54, 1.807) is 6.20 Å². The lowest BCUT2D eigenvalue weighted by molar-refractivity contribution is -0.0268. The van der Waals surface area contributed by atoms with Gasteiger partial charge in [-0.2, -0.15) is 5.26 Å². The smallest absolute Gasteiger partial charge is 0.271 e. The second kappa shape index (κ2) is 4.72. The second-order valence-corrected chi connectivity index (χ2v) is 8.29. The quantitative estimate of drug-likeness (QED) is 0.794. The van der Waals surface area contributed by atoms with E-state index in [2.05, 4.69) is 26.6 Å². The fraction of sp³-hybridized carbons (Fsp3) is 0.556. The van der Waals surface area contributed by atoms with Gasteiger partial charge >= 0.3 is 0 Å². The van der Waals surface area contributed by atoms with E-state index in [0.29, 0.717) is 23.2 Å². The van der Waals surface area contributed by atoms with E-state index >= 15 is 0 Å². The number of carbonyl (C=O) groups is 1. The molecule has 0 radical (unpaired) electrons. The zero-order valence-corrected chi connectivity index (χ0v) is 13.9. The van der Waals surface area contributed by atoms with Crippen LogP contribution in [-0.2, 0) is 0 Å². The Morgan fingerprint density at radius 3 is 2.76 bits per heavy atom. The number of aromatic amines is 1. The molecule has 2 aromatic rings. The molecule has 4 bridgehead atoms. The number of fused-ring (bicyclic) bond motifs is 1. The molecule has 0 aromatic carbocycles. The summed E-state index contributed by atoms with van der Waals surface area (Å²) in [5.74, 6) is 0.585. The van der Waals surface area contributed by atoms with Crippen molar-refractivity contribution in [1.29, 1.82) is 5.26 Å². The highest BCUT2D eigenvalue weighted by molar-refractivity contribution is 6.04. The standard InChI is InChI=1S/C18H20N6O/c19-9-17-4-10-3-11(5-17)7-18(6-10,8-17)22-13-12-1-2-21-16(12)24-23-14(13)15(20)25/h1-2,10-11H,3-8H2,(H2,20,25)(H2,21,22,24)/t10-,11+,17?,18?. The molecule has 4 aliphatic rings. The number of primary amides is 1. The van der Waals surface area contributed by atoms with Crippen LogP contribution in [0.2, 0.25) is 0 Å². The molecule has 0 aliphatic heterocycles. The highest BCUT2D eigenvalue weighted by Gasteiger charge is 2.58. The molecule has 7 heteroatoms. The van der Waals surface area contributed by atoms with E-state index < -0.39 is 5.91 Å². The fourth-order valence-corrected chi connectivity index (χ4v) is 6.03. The van der Waals surface area contributed by atoms with Crippen molar-refractivity contribution in [2.45, 2.75) is 44.1 Å². The van der Waals surface area contributed by atoms with E-state index in [1.807, 2.05) is 6.07 Å². The third kappa shape index (κ3) is 2.06. The van der Waals surface area contributed by atoms with Crippen LogP contribution in [0.4, 0.5) is 5.69 Å². The number of anilines is 1. The Balaban J connectivity index is 1.61. The lowest BCUT2D eigenvalue weighted by Gasteiger charge is -2.60. The molecule has 4 atom stereocenters. The largest absolute Gasteiger partial charge is 0.377 e. The Labute approximate surface area is 145 Å². The Bertz CT molecular complexity index is 911. The third-order valence-electron chi connectivity index (χ3n) is 6.40. The van der Waals surface area contributed by atoms with Crippen LogP contribution in [0, 0.1) is 28.6 Å². The second-order valence-electron chi connectivity index (χ2n) is 8.29. The first-order valence-electron chi connectivity index (χ1n) is 8.85. The van der Waals surface area contributed by atoms with Crippen LogP contribution < -0.4 is 11.1 Å². The molecule has 4 fully saturated rings. The Hall–Kier alpha value is -2.62. The number of nitrogens with zero attached hydrogens (tertiary/aromatic N) is 3. The van der Waals surface area contributed by atoms with Gasteiger partial charge in [-0.15, -0.1) is 10.2 Å². The molecule has 4 aliphatic carbocycles. The van der Waals surface area contributed by atoms with Crippen LogP contribution >= 0.6 is 0 Å². The number of hydrogen-bond acceptors (Lipinski definition) is 5. The van der Waals surface area contributed by atoms with Gasteiger partial charge in [0.2, 0.25) is 0 Å². The highest BCUT2D eigenvalue weighted by Crippen LogP contribution is 2.62. The molecular weight excluding hydrogens is 316 g/mol. The third-order valence-corrected chi connectivity index (χ3v) is 6.40. The lowest BCUT2D eigenvalue weighted by atomic mass is 9.47. The number of nitriles is 1. The van der Waals surface area contributed by atoms with Crippen molar-refractivity contribution in [2.24, 2.45) is 23.0 Å². The van der Waals surface area contributed by atoms with E-state index in [4.69, 9.17) is 5.73 Å². The van der Waals surface area contributed by atoms with Crippen molar-refractivity contribution in [3.63, 3.8) is 0 Å². The van der Waals surface area contributed by atoms with Gasteiger partial charge in [0.05, 0.1) is 17.2 Å². The first kappa shape index (κ1) is 14.7. The first-order chi connectivity index (χ1) is 12.0. The molecule has 7 nitrogen and oxygen atoms in total. The zero-order chi connectivity index (χ0) is 17.2. The topological polar surface area (TPSA) is 120 Å². The molecule has 6 rings (SSSR count). The number of amides is 1. The minimum atomic E-state index is -0.585. The number of rotatable bonds is 3. The molecular formula is C18H20N6O. The maximum absolute atomic E-state index is 11.9. The average molecular weight is 336 g/mol. The Morgan fingerprint density at radius 2 is 2.08 bits per heavy atom. The van der Waals surface area contributed by atoms with Gasteiger partial charge in [0.15, 0.2) is 11.3 Å². The van der Waals surface area contributed by atoms with Gasteiger partial charge in [-0.05, 0) is 56.4 Å². The average Bonchev–Trinajstić information content (AvgIpc) is 3.02. The van der Waals surface area contributed by atoms with Gasteiger partial charge in [0.25, 0.3) is 5.91 Å². The van der Waals surface area contributed by atoms with Crippen LogP contribution in [0.5, 0.6) is 0 Å². The van der Waals surface area contributed by atoms with Crippen molar-refractivity contribution in [3.05, 3.63) is 18.0 Å². The van der Waals surface area contributed by atoms with Crippen molar-refractivity contribution < 1.29 is 4.79 Å². The Morgan fingerprint density at radius 1 is 1.32 bits per heavy atom. The molecule has 0 saturated heterocycles. The van der Waals surface area contributed by atoms with Crippen molar-refractivity contribution in [2.75, 3.05) is 5.32 Å². The van der Waals surface area contributed by atoms with Crippen LogP contribution in [0.1, 0.15) is 49.0 Å². The van der Waals surface area contributed by atoms with Gasteiger partial charge in [0.1, 0.15) is 0 Å². The predicted molar refractivity (Wildman–Crippen MR) is 91.5 cm³/mol. The summed E-state index contributed by atoms with van der Waals surface area (Å²) in [4.78, 5) is 14.9. The number of nitrogens with two attached hydrogens (primary N) is 1. The molecule has 25 heavy (non-hydrogen) atoms. The van der Waals surface area contributed by atoms with Crippen molar-refractivity contribution in [1.82, 2.24) is 15.2 Å². The predicted octanol–water partition coefficient (Wildman–Crippen LogP) is 2.33. The number of aromatic nitrogens is 3. The summed E-state index contributed by atoms with van der Waals surface area (Å²) >= 11 is 0. The summed E-state index contributed by atoms with van der Waals surface area (Å²) < 4.78 is 0. The first-order valence-corrected chi connectivity index (χ1v) is 8.85. The van der Waals surface area contributed by atoms with E-state index in [-0.39, 0.29) is 16.6 Å². The highest BCUT2D eigenvalue weighted by atomic mass is 16.1. The van der Waals surface area contributed by atoms with Crippen molar-refractivity contribution >= 4 is 22.6 Å². The number of carbonyl (C=O) groups excluding carboxylic acids is 1. The summed E-state index contributed by atoms with van der Waals surface area (Å²) in [6, 6.07) is 4.51. The molecule has 2 aromatic heterocycles. The van der Waals surface area contributed by atoms with Crippen LogP contribution in [0.25, 0.3) is 11.0 Å². The van der Waals surface area contributed by atoms with E-state index in [0.717, 1.165) is 37.5 Å². The number of nitrogens with one attached hydrogen (secondary N) is 2. The molecule has 4 N–H and O–H groups in total. The number of H-pyrrole nitrogens is 1. The van der Waals surface area contributed by atoms with Gasteiger partial charge < -0.3 is 16.0 Å². The van der Waals surface area contributed by atoms with Crippen LogP contribution in [0.3, 0.4) is 0 Å². The van der Waals surface area contributed by atoms with E-state index in [1.165, 1.54) is 6.42 Å². The van der Waals surface area contributed by atoms with Gasteiger partial charge in [-0.1, -0.05) is 0 Å². The maximum Gasteiger partial charge on any atom is 0.271 e. The summed E-state index contributed by atoms with van der Waals surface area (Å²) in [6.45, 7) is 0. The maximum atomic E-state index is 11.9. The monoisotopic (exact) mass is 336 g/mol. The minimum absolute atomic E-state index is 0.156. The summed E-state index contributed by atoms with van der Waals surface area (Å²) in [6.07, 6.45) is 7.95. The molecule has 128 valence electrons. The van der Waals surface area contributed by atoms with Crippen molar-refractivity contribution in [3.8, 4) is 6.07 Å². The molecule has 0 spiro atoms. The summed E-state index contributed by atoms with van der Waals surface area (Å²) in [5, 5.41) is 22.4. The van der Waals surface area contributed by atoms with E-state index in [9.17, 15) is 10.1 Å². The normalized spacial score (nSPS) is 35.6. The summed E-state index contributed by atoms with van der Waals surface area (Å²) in [7, 11) is 0. The lowest BCUT2D eigenvalue weighted by Crippen LogP contribution is -2.58. The Kier molecular flexibility index (Phi) is 2.77. The molecule has 4 saturated carbocycles. The summed E-state index contributed by atoms with van der Waals surface area (Å²) in [5.41, 5.74) is 6.64. The zero-order valence-electron chi connectivity index (χ0n) is 13.9. The van der Waals surface area contributed by atoms with Crippen LogP contribution in [0.15, 0.2) is 12.3 Å². The SMILES string of the molecule is N#CC12C[C@H]3C[C@@H](C1)CC(Nc1c(C(N)=O)nnc4[nH]ccc14)(C3)C2. The molecule has 2 unspecified atom stereocenters. The fourth-order valence-electron chi connectivity index (χ4n) is 6.03. The van der Waals surface area contributed by atoms with Crippen LogP contribution in [-0.4, -0.2) is 26.6 Å². The number of hydrogen-bond donors (Lipinski definition) is 3. The minimum Gasteiger partial charge on any atom is -0.377 e. The van der Waals surface area contributed by atoms with Gasteiger partial charge in [-0.25, -0.2) is 0 Å². The molecule has 1 amide bonds. The van der Waals surface area contributed by atoms with Gasteiger partial charge in [0, 0.05) is 17.1 Å².